The van der Waals surface area contributed by atoms with Crippen molar-refractivity contribution in [3.63, 3.8) is 0 Å². The molecular weight excluding hydrogens is 554 g/mol. The predicted molar refractivity (Wildman–Crippen MR) is 156 cm³/mol. The molecule has 0 bridgehead atoms. The predicted octanol–water partition coefficient (Wildman–Crippen LogP) is 3.90. The van der Waals surface area contributed by atoms with E-state index >= 15 is 0 Å². The van der Waals surface area contributed by atoms with Gasteiger partial charge in [0, 0.05) is 24.5 Å². The lowest BCUT2D eigenvalue weighted by Gasteiger charge is -2.33. The van der Waals surface area contributed by atoms with E-state index in [1.54, 1.807) is 31.2 Å². The minimum atomic E-state index is -3.97. The molecule has 0 radical (unpaired) electrons. The minimum Gasteiger partial charge on any atom is -0.497 e. The van der Waals surface area contributed by atoms with Crippen molar-refractivity contribution < 1.29 is 27.5 Å². The molecule has 2 amide bonds. The maximum atomic E-state index is 14.1. The number of hydrogen-bond acceptors (Lipinski definition) is 6. The SMILES string of the molecule is CCNC(=O)[C@@H](Cc1ccccc1)N(Cc1cccc(OC)c1)C(=O)CN(c1cc(Cl)ccc1OC)S(C)(=O)=O. The zero-order valence-corrected chi connectivity index (χ0v) is 24.5. The molecule has 11 heteroatoms. The molecular formula is C29H34ClN3O6S. The van der Waals surface area contributed by atoms with Gasteiger partial charge >= 0.3 is 0 Å². The van der Waals surface area contributed by atoms with E-state index < -0.39 is 28.5 Å². The van der Waals surface area contributed by atoms with E-state index in [-0.39, 0.29) is 35.3 Å². The zero-order chi connectivity index (χ0) is 29.3. The summed E-state index contributed by atoms with van der Waals surface area (Å²) in [5.41, 5.74) is 1.67. The molecule has 0 spiro atoms. The van der Waals surface area contributed by atoms with E-state index in [1.165, 1.54) is 31.3 Å². The van der Waals surface area contributed by atoms with Crippen LogP contribution in [0.1, 0.15) is 18.1 Å². The van der Waals surface area contributed by atoms with Gasteiger partial charge in [-0.05, 0) is 48.4 Å². The molecule has 0 aliphatic heterocycles. The Hall–Kier alpha value is -3.76. The highest BCUT2D eigenvalue weighted by atomic mass is 35.5. The largest absolute Gasteiger partial charge is 0.497 e. The number of likely N-dealkylation sites (N-methyl/N-ethyl adjacent to an activating group) is 1. The fourth-order valence-corrected chi connectivity index (χ4v) is 5.28. The molecule has 40 heavy (non-hydrogen) atoms. The molecule has 0 unspecified atom stereocenters. The second-order valence-electron chi connectivity index (χ2n) is 9.06. The molecule has 0 aliphatic carbocycles. The van der Waals surface area contributed by atoms with Gasteiger partial charge in [0.15, 0.2) is 0 Å². The van der Waals surface area contributed by atoms with Crippen molar-refractivity contribution >= 4 is 39.1 Å². The molecule has 3 rings (SSSR count). The molecule has 0 fully saturated rings. The van der Waals surface area contributed by atoms with Crippen molar-refractivity contribution in [1.29, 1.82) is 0 Å². The molecule has 0 saturated carbocycles. The van der Waals surface area contributed by atoms with Gasteiger partial charge in [-0.25, -0.2) is 8.42 Å². The first-order chi connectivity index (χ1) is 19.1. The Bertz CT molecular complexity index is 1420. The Labute approximate surface area is 240 Å². The van der Waals surface area contributed by atoms with Gasteiger partial charge in [0.05, 0.1) is 26.2 Å². The Morgan fingerprint density at radius 2 is 1.65 bits per heavy atom. The summed E-state index contributed by atoms with van der Waals surface area (Å²) in [4.78, 5) is 28.9. The van der Waals surface area contributed by atoms with Crippen molar-refractivity contribution in [2.45, 2.75) is 25.9 Å². The molecule has 3 aromatic rings. The van der Waals surface area contributed by atoms with Crippen LogP contribution in [0.4, 0.5) is 5.69 Å². The van der Waals surface area contributed by atoms with Crippen LogP contribution in [0.25, 0.3) is 0 Å². The lowest BCUT2D eigenvalue weighted by atomic mass is 10.0. The number of amides is 2. The van der Waals surface area contributed by atoms with Crippen LogP contribution in [0.3, 0.4) is 0 Å². The number of sulfonamides is 1. The van der Waals surface area contributed by atoms with Crippen molar-refractivity contribution in [2.75, 3.05) is 37.9 Å². The molecule has 214 valence electrons. The summed E-state index contributed by atoms with van der Waals surface area (Å²) in [6.07, 6.45) is 1.22. The average molecular weight is 588 g/mol. The summed E-state index contributed by atoms with van der Waals surface area (Å²) in [5, 5.41) is 3.10. The van der Waals surface area contributed by atoms with E-state index in [1.807, 2.05) is 36.4 Å². The molecule has 0 aliphatic rings. The second-order valence-corrected chi connectivity index (χ2v) is 11.4. The number of rotatable bonds is 13. The first-order valence-corrected chi connectivity index (χ1v) is 14.8. The minimum absolute atomic E-state index is 0.0367. The lowest BCUT2D eigenvalue weighted by Crippen LogP contribution is -2.53. The van der Waals surface area contributed by atoms with E-state index in [9.17, 15) is 18.0 Å². The Kier molecular flexibility index (Phi) is 10.8. The summed E-state index contributed by atoms with van der Waals surface area (Å²) in [7, 11) is -1.03. The van der Waals surface area contributed by atoms with E-state index in [2.05, 4.69) is 5.32 Å². The number of nitrogens with zero attached hydrogens (tertiary/aromatic N) is 2. The molecule has 0 heterocycles. The number of anilines is 1. The molecule has 3 aromatic carbocycles. The highest BCUT2D eigenvalue weighted by Crippen LogP contribution is 2.33. The monoisotopic (exact) mass is 587 g/mol. The van der Waals surface area contributed by atoms with Gasteiger partial charge in [0.2, 0.25) is 21.8 Å². The third-order valence-electron chi connectivity index (χ3n) is 6.20. The van der Waals surface area contributed by atoms with Crippen molar-refractivity contribution in [1.82, 2.24) is 10.2 Å². The fourth-order valence-electron chi connectivity index (χ4n) is 4.27. The highest BCUT2D eigenvalue weighted by Gasteiger charge is 2.33. The first-order valence-electron chi connectivity index (χ1n) is 12.6. The van der Waals surface area contributed by atoms with E-state index in [4.69, 9.17) is 21.1 Å². The van der Waals surface area contributed by atoms with E-state index in [0.717, 1.165) is 16.1 Å². The van der Waals surface area contributed by atoms with Crippen molar-refractivity contribution in [2.24, 2.45) is 0 Å². The van der Waals surface area contributed by atoms with E-state index in [0.29, 0.717) is 17.9 Å². The highest BCUT2D eigenvalue weighted by molar-refractivity contribution is 7.92. The van der Waals surface area contributed by atoms with Gasteiger partial charge in [0.25, 0.3) is 0 Å². The quantitative estimate of drug-likeness (QED) is 0.325. The maximum Gasteiger partial charge on any atom is 0.244 e. The summed E-state index contributed by atoms with van der Waals surface area (Å²) in [6.45, 7) is 1.61. The smallest absolute Gasteiger partial charge is 0.244 e. The van der Waals surface area contributed by atoms with Crippen LogP contribution < -0.4 is 19.1 Å². The van der Waals surface area contributed by atoms with Gasteiger partial charge in [-0.3, -0.25) is 13.9 Å². The second kappa shape index (κ2) is 14.0. The normalized spacial score (nSPS) is 11.8. The molecule has 0 saturated heterocycles. The molecule has 1 N–H and O–H groups in total. The van der Waals surface area contributed by atoms with Gasteiger partial charge in [-0.2, -0.15) is 0 Å². The number of halogens is 1. The lowest BCUT2D eigenvalue weighted by molar-refractivity contribution is -0.140. The summed E-state index contributed by atoms with van der Waals surface area (Å²) in [6, 6.07) is 20.1. The fraction of sp³-hybridized carbons (Fsp3) is 0.310. The van der Waals surface area contributed by atoms with Crippen molar-refractivity contribution in [3.05, 3.63) is 88.9 Å². The van der Waals surface area contributed by atoms with Crippen LogP contribution in [0.2, 0.25) is 5.02 Å². The summed E-state index contributed by atoms with van der Waals surface area (Å²) >= 11 is 6.18. The third kappa shape index (κ3) is 8.12. The van der Waals surface area contributed by atoms with Crippen molar-refractivity contribution in [3.8, 4) is 11.5 Å². The van der Waals surface area contributed by atoms with Gasteiger partial charge in [0.1, 0.15) is 24.1 Å². The van der Waals surface area contributed by atoms with Crippen LogP contribution in [0, 0.1) is 0 Å². The standard InChI is InChI=1S/C29H34ClN3O6S/c1-5-31-29(35)26(17-21-10-7-6-8-11-21)32(19-22-12-9-13-24(16-22)38-2)28(34)20-33(40(4,36)37)25-18-23(30)14-15-27(25)39-3/h6-16,18,26H,5,17,19-20H2,1-4H3,(H,31,35)/t26-/m1/s1. The summed E-state index contributed by atoms with van der Waals surface area (Å²) < 4.78 is 37.6. The van der Waals surface area contributed by atoms with Gasteiger partial charge in [-0.15, -0.1) is 0 Å². The Morgan fingerprint density at radius 3 is 2.27 bits per heavy atom. The molecule has 9 nitrogen and oxygen atoms in total. The number of hydrogen-bond donors (Lipinski definition) is 1. The molecule has 0 aromatic heterocycles. The number of nitrogens with one attached hydrogen (secondary N) is 1. The summed E-state index contributed by atoms with van der Waals surface area (Å²) in [5.74, 6) is -0.119. The van der Waals surface area contributed by atoms with Crippen LogP contribution in [-0.2, 0) is 32.6 Å². The van der Waals surface area contributed by atoms with Gasteiger partial charge < -0.3 is 19.7 Å². The maximum absolute atomic E-state index is 14.1. The van der Waals surface area contributed by atoms with Crippen LogP contribution >= 0.6 is 11.6 Å². The number of carbonyl (C=O) groups is 2. The Morgan fingerprint density at radius 1 is 0.950 bits per heavy atom. The van der Waals surface area contributed by atoms with Gasteiger partial charge in [-0.1, -0.05) is 54.1 Å². The van der Waals surface area contributed by atoms with Crippen LogP contribution in [0.15, 0.2) is 72.8 Å². The first kappa shape index (κ1) is 30.8. The van der Waals surface area contributed by atoms with Crippen LogP contribution in [-0.4, -0.2) is 64.7 Å². The topological polar surface area (TPSA) is 105 Å². The van der Waals surface area contributed by atoms with Crippen LogP contribution in [0.5, 0.6) is 11.5 Å². The number of methoxy groups -OCH3 is 2. The number of benzene rings is 3. The third-order valence-corrected chi connectivity index (χ3v) is 7.56. The number of carbonyl (C=O) groups excluding carboxylic acids is 2. The number of ether oxygens (including phenoxy) is 2. The zero-order valence-electron chi connectivity index (χ0n) is 23.0. The Balaban J connectivity index is 2.09. The molecule has 1 atom stereocenters. The average Bonchev–Trinajstić information content (AvgIpc) is 2.93.